The average Bonchev–Trinajstić information content (AvgIpc) is 3.60. The number of thioether (sulfide) groups is 1. The lowest BCUT2D eigenvalue weighted by Crippen LogP contribution is -2.29. The van der Waals surface area contributed by atoms with Gasteiger partial charge in [-0.25, -0.2) is 4.39 Å². The van der Waals surface area contributed by atoms with Crippen LogP contribution in [0.4, 0.5) is 9.52 Å². The summed E-state index contributed by atoms with van der Waals surface area (Å²) >= 11 is 8.28. The van der Waals surface area contributed by atoms with Gasteiger partial charge in [-0.2, -0.15) is 0 Å². The number of rotatable bonds is 6. The molecule has 2 aromatic heterocycles. The highest BCUT2D eigenvalue weighted by molar-refractivity contribution is 8.00. The van der Waals surface area contributed by atoms with Crippen LogP contribution in [0.3, 0.4) is 0 Å². The molecule has 1 saturated heterocycles. The lowest BCUT2D eigenvalue weighted by molar-refractivity contribution is -0.132. The number of aliphatic hydroxyl groups excluding tert-OH is 1. The maximum Gasteiger partial charge on any atom is 0.302 e. The van der Waals surface area contributed by atoms with Crippen LogP contribution in [-0.4, -0.2) is 27.0 Å². The summed E-state index contributed by atoms with van der Waals surface area (Å²) in [4.78, 5) is 27.3. The van der Waals surface area contributed by atoms with Gasteiger partial charge in [-0.05, 0) is 48.0 Å². The highest BCUT2D eigenvalue weighted by atomic mass is 35.5. The number of carbonyl (C=O) groups excluding carboxylic acids is 2. The zero-order chi connectivity index (χ0) is 24.5. The van der Waals surface area contributed by atoms with Crippen LogP contribution in [0.25, 0.3) is 5.76 Å². The topological polar surface area (TPSA) is 96.5 Å². The quantitative estimate of drug-likeness (QED) is 0.111. The van der Waals surface area contributed by atoms with E-state index in [1.807, 2.05) is 0 Å². The minimum Gasteiger partial charge on any atom is -0.507 e. The Bertz CT molecular complexity index is 1440. The molecule has 1 amide bonds. The van der Waals surface area contributed by atoms with Crippen molar-refractivity contribution in [3.8, 4) is 0 Å². The molecule has 0 bridgehead atoms. The molecule has 0 spiro atoms. The highest BCUT2D eigenvalue weighted by Gasteiger charge is 2.49. The summed E-state index contributed by atoms with van der Waals surface area (Å²) in [6.45, 7) is 0. The number of ketones is 1. The van der Waals surface area contributed by atoms with Crippen molar-refractivity contribution in [1.82, 2.24) is 10.2 Å². The summed E-state index contributed by atoms with van der Waals surface area (Å²) in [5.41, 5.74) is 0.693. The minimum atomic E-state index is -1.04. The molecule has 4 aromatic rings. The van der Waals surface area contributed by atoms with Crippen molar-refractivity contribution in [3.05, 3.63) is 100 Å². The zero-order valence-electron chi connectivity index (χ0n) is 17.7. The van der Waals surface area contributed by atoms with E-state index in [9.17, 15) is 19.1 Å². The average molecular weight is 528 g/mol. The van der Waals surface area contributed by atoms with Gasteiger partial charge in [0.25, 0.3) is 5.78 Å². The molecular weight excluding hydrogens is 513 g/mol. The van der Waals surface area contributed by atoms with Crippen LogP contribution in [0.5, 0.6) is 0 Å². The SMILES string of the molecule is O=C1C(=O)N(c2nnc(SCc3ccccc3F)s2)C(c2ccco2)/C1=C(/O)c1ccc(Cl)cc1. The molecule has 1 fully saturated rings. The number of furan rings is 1. The van der Waals surface area contributed by atoms with Crippen LogP contribution >= 0.6 is 34.7 Å². The van der Waals surface area contributed by atoms with Gasteiger partial charge in [-0.15, -0.1) is 10.2 Å². The van der Waals surface area contributed by atoms with Crippen LogP contribution in [0, 0.1) is 5.82 Å². The normalized spacial score (nSPS) is 17.3. The first kappa shape index (κ1) is 23.3. The molecule has 0 radical (unpaired) electrons. The van der Waals surface area contributed by atoms with E-state index in [0.29, 0.717) is 26.2 Å². The Kier molecular flexibility index (Phi) is 6.42. The van der Waals surface area contributed by atoms with Crippen molar-refractivity contribution in [1.29, 1.82) is 0 Å². The molecule has 3 heterocycles. The molecule has 1 N–H and O–H groups in total. The van der Waals surface area contributed by atoms with Crippen molar-refractivity contribution < 1.29 is 23.5 Å². The monoisotopic (exact) mass is 527 g/mol. The predicted octanol–water partition coefficient (Wildman–Crippen LogP) is 5.84. The lowest BCUT2D eigenvalue weighted by Gasteiger charge is -2.20. The summed E-state index contributed by atoms with van der Waals surface area (Å²) in [5, 5.41) is 19.8. The fourth-order valence-corrected chi connectivity index (χ4v) is 5.60. The molecule has 0 aliphatic carbocycles. The van der Waals surface area contributed by atoms with E-state index < -0.39 is 17.7 Å². The van der Waals surface area contributed by atoms with Crippen LogP contribution in [0.1, 0.15) is 22.9 Å². The van der Waals surface area contributed by atoms with Gasteiger partial charge in [0.15, 0.2) is 4.34 Å². The second-order valence-corrected chi connectivity index (χ2v) is 10.0. The number of nitrogens with zero attached hydrogens (tertiary/aromatic N) is 3. The summed E-state index contributed by atoms with van der Waals surface area (Å²) in [5.74, 6) is -1.84. The molecule has 5 rings (SSSR count). The van der Waals surface area contributed by atoms with Gasteiger partial charge < -0.3 is 9.52 Å². The number of aromatic nitrogens is 2. The molecule has 11 heteroatoms. The number of hydrogen-bond acceptors (Lipinski definition) is 8. The van der Waals surface area contributed by atoms with Gasteiger partial charge in [-0.3, -0.25) is 14.5 Å². The van der Waals surface area contributed by atoms with Gasteiger partial charge in [0.05, 0.1) is 11.8 Å². The molecule has 176 valence electrons. The fourth-order valence-electron chi connectivity index (χ4n) is 3.62. The Morgan fingerprint density at radius 3 is 2.60 bits per heavy atom. The zero-order valence-corrected chi connectivity index (χ0v) is 20.1. The van der Waals surface area contributed by atoms with Crippen LogP contribution in [-0.2, 0) is 15.3 Å². The summed E-state index contributed by atoms with van der Waals surface area (Å²) in [6.07, 6.45) is 1.41. The first-order chi connectivity index (χ1) is 16.9. The Balaban J connectivity index is 1.51. The van der Waals surface area contributed by atoms with Gasteiger partial charge in [0, 0.05) is 16.3 Å². The fraction of sp³-hybridized carbons (Fsp3) is 0.0833. The Morgan fingerprint density at radius 1 is 1.11 bits per heavy atom. The number of anilines is 1. The van der Waals surface area contributed by atoms with Crippen molar-refractivity contribution in [2.45, 2.75) is 16.1 Å². The molecule has 7 nitrogen and oxygen atoms in total. The van der Waals surface area contributed by atoms with E-state index in [1.54, 1.807) is 54.6 Å². The van der Waals surface area contributed by atoms with Gasteiger partial charge in [0.2, 0.25) is 5.13 Å². The Hall–Kier alpha value is -3.47. The van der Waals surface area contributed by atoms with Gasteiger partial charge in [0.1, 0.15) is 23.4 Å². The number of benzene rings is 2. The third-order valence-electron chi connectivity index (χ3n) is 5.29. The minimum absolute atomic E-state index is 0.136. The van der Waals surface area contributed by atoms with E-state index in [0.717, 1.165) is 16.2 Å². The van der Waals surface area contributed by atoms with E-state index in [-0.39, 0.29) is 28.0 Å². The van der Waals surface area contributed by atoms with E-state index in [2.05, 4.69) is 10.2 Å². The summed E-state index contributed by atoms with van der Waals surface area (Å²) < 4.78 is 20.0. The molecule has 1 unspecified atom stereocenters. The second kappa shape index (κ2) is 9.65. The second-order valence-electron chi connectivity index (χ2n) is 7.42. The highest BCUT2D eigenvalue weighted by Crippen LogP contribution is 2.44. The van der Waals surface area contributed by atoms with Crippen molar-refractivity contribution in [2.24, 2.45) is 0 Å². The Labute approximate surface area is 211 Å². The third-order valence-corrected chi connectivity index (χ3v) is 7.64. The molecule has 1 aliphatic heterocycles. The maximum absolute atomic E-state index is 13.9. The summed E-state index contributed by atoms with van der Waals surface area (Å²) in [6, 6.07) is 14.8. The predicted molar refractivity (Wildman–Crippen MR) is 131 cm³/mol. The van der Waals surface area contributed by atoms with E-state index in [4.69, 9.17) is 16.0 Å². The first-order valence-electron chi connectivity index (χ1n) is 10.2. The largest absolute Gasteiger partial charge is 0.507 e. The molecule has 0 saturated carbocycles. The summed E-state index contributed by atoms with van der Waals surface area (Å²) in [7, 11) is 0. The smallest absolute Gasteiger partial charge is 0.302 e. The van der Waals surface area contributed by atoms with Crippen LogP contribution in [0.2, 0.25) is 5.02 Å². The van der Waals surface area contributed by atoms with Crippen molar-refractivity contribution >= 4 is 57.3 Å². The number of amides is 1. The Morgan fingerprint density at radius 2 is 1.89 bits per heavy atom. The van der Waals surface area contributed by atoms with Gasteiger partial charge in [-0.1, -0.05) is 52.9 Å². The van der Waals surface area contributed by atoms with Crippen LogP contribution in [0.15, 0.2) is 81.3 Å². The van der Waals surface area contributed by atoms with E-state index in [1.165, 1.54) is 24.1 Å². The maximum atomic E-state index is 13.9. The molecular formula is C24H15ClFN3O4S2. The molecule has 1 atom stereocenters. The van der Waals surface area contributed by atoms with Gasteiger partial charge >= 0.3 is 5.91 Å². The molecule has 2 aromatic carbocycles. The molecule has 1 aliphatic rings. The number of Topliss-reactive ketones (excluding diaryl/α,β-unsaturated/α-hetero) is 1. The number of halogens is 2. The third kappa shape index (κ3) is 4.47. The van der Waals surface area contributed by atoms with E-state index >= 15 is 0 Å². The number of carbonyl (C=O) groups is 2. The van der Waals surface area contributed by atoms with Crippen molar-refractivity contribution in [3.63, 3.8) is 0 Å². The number of aliphatic hydroxyl groups is 1. The van der Waals surface area contributed by atoms with Crippen LogP contribution < -0.4 is 4.90 Å². The lowest BCUT2D eigenvalue weighted by atomic mass is 9.99. The number of hydrogen-bond donors (Lipinski definition) is 1. The van der Waals surface area contributed by atoms with Crippen molar-refractivity contribution in [2.75, 3.05) is 4.90 Å². The standard InChI is InChI=1S/C24H15ClFN3O4S2/c25-15-9-7-13(8-10-15)20(30)18-19(17-6-3-11-33-17)29(22(32)21(18)31)23-27-28-24(35-23)34-12-14-4-1-2-5-16(14)26/h1-11,19,30H,12H2/b20-18-. The first-order valence-corrected chi connectivity index (χ1v) is 12.4. The molecule has 35 heavy (non-hydrogen) atoms.